The fourth-order valence-electron chi connectivity index (χ4n) is 3.04. The first-order valence-electron chi connectivity index (χ1n) is 9.52. The van der Waals surface area contributed by atoms with Crippen molar-refractivity contribution in [2.75, 3.05) is 0 Å². The molecule has 0 atom stereocenters. The lowest BCUT2D eigenvalue weighted by Crippen LogP contribution is -2.11. The first-order valence-corrected chi connectivity index (χ1v) is 9.90. The smallest absolute Gasteiger partial charge is 0.388 e. The van der Waals surface area contributed by atoms with Crippen molar-refractivity contribution in [1.29, 1.82) is 0 Å². The quantitative estimate of drug-likeness (QED) is 0.461. The summed E-state index contributed by atoms with van der Waals surface area (Å²) in [4.78, 5) is 33.5. The SMILES string of the molecule is NC(=O)CCCCc1ccc(Cl)c(-c2nc(-c3ccc(OC(F)F)nc3)cc(=O)[nH]2)c1F. The van der Waals surface area contributed by atoms with E-state index in [0.29, 0.717) is 30.4 Å². The Kier molecular flexibility index (Phi) is 7.47. The van der Waals surface area contributed by atoms with Crippen LogP contribution in [0.3, 0.4) is 0 Å². The van der Waals surface area contributed by atoms with E-state index >= 15 is 4.39 Å². The van der Waals surface area contributed by atoms with Gasteiger partial charge in [0.15, 0.2) is 0 Å². The normalized spacial score (nSPS) is 11.0. The lowest BCUT2D eigenvalue weighted by Gasteiger charge is -2.11. The van der Waals surface area contributed by atoms with E-state index in [2.05, 4.69) is 19.7 Å². The molecule has 0 saturated carbocycles. The van der Waals surface area contributed by atoms with Crippen molar-refractivity contribution < 1.29 is 22.7 Å². The molecule has 0 fully saturated rings. The van der Waals surface area contributed by atoms with Crippen LogP contribution in [0.5, 0.6) is 5.88 Å². The fraction of sp³-hybridized carbons (Fsp3) is 0.238. The standard InChI is InChI=1S/C21H18ClF3N4O3/c22-13-7-5-11(3-1-2-4-15(26)30)19(23)18(13)20-28-14(9-16(31)29-20)12-6-8-17(27-10-12)32-21(24)25/h5-10,21H,1-4H2,(H2,26,30)(H,28,29,31). The maximum absolute atomic E-state index is 15.2. The molecule has 3 aromatic rings. The molecule has 3 N–H and O–H groups in total. The number of unbranched alkanes of at least 4 members (excludes halogenated alkanes) is 1. The van der Waals surface area contributed by atoms with Crippen molar-refractivity contribution in [2.24, 2.45) is 5.73 Å². The number of rotatable bonds is 9. The summed E-state index contributed by atoms with van der Waals surface area (Å²) in [5.41, 5.74) is 5.28. The summed E-state index contributed by atoms with van der Waals surface area (Å²) in [6.45, 7) is -3.02. The number of nitrogens with two attached hydrogens (primary N) is 1. The van der Waals surface area contributed by atoms with Gasteiger partial charge in [0.25, 0.3) is 5.56 Å². The van der Waals surface area contributed by atoms with Gasteiger partial charge >= 0.3 is 6.61 Å². The molecule has 1 aromatic carbocycles. The number of hydrogen-bond donors (Lipinski definition) is 2. The number of pyridine rings is 1. The summed E-state index contributed by atoms with van der Waals surface area (Å²) in [6.07, 6.45) is 2.78. The van der Waals surface area contributed by atoms with Crippen molar-refractivity contribution in [1.82, 2.24) is 15.0 Å². The predicted molar refractivity (Wildman–Crippen MR) is 112 cm³/mol. The lowest BCUT2D eigenvalue weighted by atomic mass is 10.0. The number of aromatic nitrogens is 3. The second kappa shape index (κ2) is 10.3. The van der Waals surface area contributed by atoms with Crippen molar-refractivity contribution in [3.05, 3.63) is 63.3 Å². The molecular weight excluding hydrogens is 449 g/mol. The first kappa shape index (κ1) is 23.3. The Hall–Kier alpha value is -3.40. The molecule has 0 aliphatic carbocycles. The minimum Gasteiger partial charge on any atom is -0.417 e. The molecule has 0 bridgehead atoms. The minimum absolute atomic E-state index is 0.0440. The molecule has 7 nitrogen and oxygen atoms in total. The molecule has 0 unspecified atom stereocenters. The Bertz CT molecular complexity index is 1170. The van der Waals surface area contributed by atoms with E-state index in [9.17, 15) is 18.4 Å². The Morgan fingerprint density at radius 2 is 2.00 bits per heavy atom. The van der Waals surface area contributed by atoms with Gasteiger partial charge in [-0.1, -0.05) is 17.7 Å². The molecule has 0 spiro atoms. The number of H-pyrrole nitrogens is 1. The Morgan fingerprint density at radius 3 is 2.66 bits per heavy atom. The summed E-state index contributed by atoms with van der Waals surface area (Å²) in [5.74, 6) is -1.46. The molecule has 2 heterocycles. The average Bonchev–Trinajstić information content (AvgIpc) is 2.72. The number of amides is 1. The molecule has 168 valence electrons. The number of aryl methyl sites for hydroxylation is 1. The number of nitrogens with one attached hydrogen (secondary N) is 1. The molecule has 1 amide bonds. The van der Waals surface area contributed by atoms with Gasteiger partial charge in [-0.25, -0.2) is 14.4 Å². The number of alkyl halides is 2. The summed E-state index contributed by atoms with van der Waals surface area (Å²) >= 11 is 6.20. The molecule has 0 saturated heterocycles. The van der Waals surface area contributed by atoms with Crippen LogP contribution in [-0.2, 0) is 11.2 Å². The van der Waals surface area contributed by atoms with Gasteiger partial charge in [-0.3, -0.25) is 9.59 Å². The van der Waals surface area contributed by atoms with Crippen LogP contribution in [0.1, 0.15) is 24.8 Å². The van der Waals surface area contributed by atoms with Crippen LogP contribution in [0, 0.1) is 5.82 Å². The molecule has 0 radical (unpaired) electrons. The van der Waals surface area contributed by atoms with Crippen molar-refractivity contribution in [3.63, 3.8) is 0 Å². The summed E-state index contributed by atoms with van der Waals surface area (Å²) in [5, 5.41) is 0.0440. The summed E-state index contributed by atoms with van der Waals surface area (Å²) in [7, 11) is 0. The van der Waals surface area contributed by atoms with Crippen molar-refractivity contribution in [2.45, 2.75) is 32.3 Å². The largest absolute Gasteiger partial charge is 0.417 e. The summed E-state index contributed by atoms with van der Waals surface area (Å²) < 4.78 is 44.0. The average molecular weight is 467 g/mol. The number of benzene rings is 1. The van der Waals surface area contributed by atoms with Crippen LogP contribution in [0.2, 0.25) is 5.02 Å². The van der Waals surface area contributed by atoms with Crippen LogP contribution < -0.4 is 16.0 Å². The van der Waals surface area contributed by atoms with Gasteiger partial charge in [0.05, 0.1) is 16.3 Å². The number of halogens is 4. The fourth-order valence-corrected chi connectivity index (χ4v) is 3.27. The van der Waals surface area contributed by atoms with E-state index in [1.54, 1.807) is 0 Å². The number of nitrogens with zero attached hydrogens (tertiary/aromatic N) is 2. The highest BCUT2D eigenvalue weighted by Crippen LogP contribution is 2.31. The molecule has 11 heteroatoms. The second-order valence-corrected chi connectivity index (χ2v) is 7.22. The summed E-state index contributed by atoms with van der Waals surface area (Å²) in [6, 6.07) is 6.77. The third kappa shape index (κ3) is 5.85. The highest BCUT2D eigenvalue weighted by atomic mass is 35.5. The molecule has 32 heavy (non-hydrogen) atoms. The third-order valence-electron chi connectivity index (χ3n) is 4.51. The van der Waals surface area contributed by atoms with E-state index < -0.39 is 23.9 Å². The number of carbonyl (C=O) groups is 1. The van der Waals surface area contributed by atoms with Crippen molar-refractivity contribution in [3.8, 4) is 28.5 Å². The molecule has 0 aliphatic rings. The number of primary amides is 1. The van der Waals surface area contributed by atoms with Crippen LogP contribution >= 0.6 is 11.6 Å². The minimum atomic E-state index is -3.02. The van der Waals surface area contributed by atoms with Gasteiger partial charge in [0, 0.05) is 30.3 Å². The van der Waals surface area contributed by atoms with Gasteiger partial charge < -0.3 is 15.5 Å². The van der Waals surface area contributed by atoms with Gasteiger partial charge in [-0.05, 0) is 37.0 Å². The van der Waals surface area contributed by atoms with E-state index in [4.69, 9.17) is 17.3 Å². The van der Waals surface area contributed by atoms with Crippen LogP contribution in [0.15, 0.2) is 41.3 Å². The zero-order valence-electron chi connectivity index (χ0n) is 16.6. The van der Waals surface area contributed by atoms with Crippen LogP contribution in [0.25, 0.3) is 22.6 Å². The van der Waals surface area contributed by atoms with E-state index in [1.807, 2.05) is 0 Å². The van der Waals surface area contributed by atoms with Gasteiger partial charge in [-0.15, -0.1) is 0 Å². The Labute approximate surface area is 185 Å². The Balaban J connectivity index is 1.93. The second-order valence-electron chi connectivity index (χ2n) is 6.81. The van der Waals surface area contributed by atoms with Gasteiger partial charge in [-0.2, -0.15) is 8.78 Å². The zero-order chi connectivity index (χ0) is 23.3. The van der Waals surface area contributed by atoms with Crippen LogP contribution in [-0.4, -0.2) is 27.5 Å². The maximum atomic E-state index is 15.2. The third-order valence-corrected chi connectivity index (χ3v) is 4.83. The number of ether oxygens (including phenoxy) is 1. The first-order chi connectivity index (χ1) is 15.2. The zero-order valence-corrected chi connectivity index (χ0v) is 17.3. The number of carbonyl (C=O) groups excluding carboxylic acids is 1. The van der Waals surface area contributed by atoms with Gasteiger partial charge in [0.2, 0.25) is 11.8 Å². The number of hydrogen-bond acceptors (Lipinski definition) is 5. The molecular formula is C21H18ClF3N4O3. The molecule has 0 aliphatic heterocycles. The molecule has 2 aromatic heterocycles. The predicted octanol–water partition coefficient (Wildman–Crippen LogP) is 4.09. The van der Waals surface area contributed by atoms with Crippen molar-refractivity contribution >= 4 is 17.5 Å². The van der Waals surface area contributed by atoms with E-state index in [0.717, 1.165) is 6.07 Å². The van der Waals surface area contributed by atoms with E-state index in [1.165, 1.54) is 30.5 Å². The lowest BCUT2D eigenvalue weighted by molar-refractivity contribution is -0.118. The topological polar surface area (TPSA) is 111 Å². The Morgan fingerprint density at radius 1 is 1.22 bits per heavy atom. The highest BCUT2D eigenvalue weighted by Gasteiger charge is 2.18. The van der Waals surface area contributed by atoms with Crippen LogP contribution in [0.4, 0.5) is 13.2 Å². The monoisotopic (exact) mass is 466 g/mol. The molecule has 3 rings (SSSR count). The number of aromatic amines is 1. The van der Waals surface area contributed by atoms with Gasteiger partial charge in [0.1, 0.15) is 11.6 Å². The van der Waals surface area contributed by atoms with E-state index in [-0.39, 0.29) is 34.4 Å². The highest BCUT2D eigenvalue weighted by molar-refractivity contribution is 6.33. The maximum Gasteiger partial charge on any atom is 0.388 e.